The summed E-state index contributed by atoms with van der Waals surface area (Å²) in [7, 11) is 5.45. The van der Waals surface area contributed by atoms with E-state index < -0.39 is 0 Å². The molecule has 1 aliphatic heterocycles. The van der Waals surface area contributed by atoms with Crippen LogP contribution in [0.25, 0.3) is 11.1 Å². The first kappa shape index (κ1) is 17.3. The summed E-state index contributed by atoms with van der Waals surface area (Å²) in [5.74, 6) is 1.42. The van der Waals surface area contributed by atoms with E-state index in [1.165, 1.54) is 22.3 Å². The quantitative estimate of drug-likeness (QED) is 0.743. The van der Waals surface area contributed by atoms with Gasteiger partial charge in [-0.2, -0.15) is 0 Å². The van der Waals surface area contributed by atoms with E-state index in [1.54, 1.807) is 14.2 Å². The lowest BCUT2D eigenvalue weighted by Crippen LogP contribution is -2.35. The van der Waals surface area contributed by atoms with Gasteiger partial charge in [0.15, 0.2) is 25.1 Å². The standard InChI is InChI=1S/C21H25NO4/c1-22-10-9-14-5-4-6-16-19(14)17(22)11-15-7-8-18(25-12-23-2)21(20(15)16)26-13-24-3/h4-8,17H,9-13H2,1-3H3/t17-/m1/s1. The number of nitrogens with zero attached hydrogens (tertiary/aromatic N) is 1. The molecule has 1 aliphatic carbocycles. The van der Waals surface area contributed by atoms with Crippen molar-refractivity contribution in [3.05, 3.63) is 47.0 Å². The van der Waals surface area contributed by atoms with E-state index in [-0.39, 0.29) is 13.6 Å². The highest BCUT2D eigenvalue weighted by Gasteiger charge is 2.34. The zero-order valence-corrected chi connectivity index (χ0v) is 15.6. The molecule has 2 aromatic carbocycles. The van der Waals surface area contributed by atoms with Gasteiger partial charge in [0, 0.05) is 32.4 Å². The third kappa shape index (κ3) is 2.86. The maximum atomic E-state index is 5.98. The number of rotatable bonds is 6. The summed E-state index contributed by atoms with van der Waals surface area (Å²) >= 11 is 0. The van der Waals surface area contributed by atoms with E-state index in [9.17, 15) is 0 Å². The fraction of sp³-hybridized carbons (Fsp3) is 0.429. The van der Waals surface area contributed by atoms with Crippen LogP contribution in [-0.4, -0.2) is 46.3 Å². The molecule has 0 aromatic heterocycles. The molecule has 5 nitrogen and oxygen atoms in total. The lowest BCUT2D eigenvalue weighted by atomic mass is 9.77. The first-order chi connectivity index (χ1) is 12.7. The minimum atomic E-state index is 0.179. The molecule has 0 spiro atoms. The van der Waals surface area contributed by atoms with Crippen LogP contribution in [0, 0.1) is 0 Å². The Hall–Kier alpha value is -2.08. The van der Waals surface area contributed by atoms with Gasteiger partial charge in [-0.25, -0.2) is 0 Å². The highest BCUT2D eigenvalue weighted by molar-refractivity contribution is 5.82. The van der Waals surface area contributed by atoms with Crippen molar-refractivity contribution in [3.8, 4) is 22.6 Å². The number of hydrogen-bond donors (Lipinski definition) is 0. The van der Waals surface area contributed by atoms with Gasteiger partial charge in [0.1, 0.15) is 0 Å². The number of methoxy groups -OCH3 is 2. The number of hydrogen-bond acceptors (Lipinski definition) is 5. The maximum absolute atomic E-state index is 5.98. The molecule has 138 valence electrons. The molecule has 4 rings (SSSR count). The Bertz CT molecular complexity index is 805. The van der Waals surface area contributed by atoms with E-state index in [0.29, 0.717) is 11.8 Å². The monoisotopic (exact) mass is 355 g/mol. The van der Waals surface area contributed by atoms with Crippen molar-refractivity contribution in [2.75, 3.05) is 41.4 Å². The molecule has 0 bridgehead atoms. The third-order valence-electron chi connectivity index (χ3n) is 5.34. The van der Waals surface area contributed by atoms with Crippen LogP contribution in [0.15, 0.2) is 30.3 Å². The molecule has 0 radical (unpaired) electrons. The lowest BCUT2D eigenvalue weighted by molar-refractivity contribution is 0.0325. The Morgan fingerprint density at radius 1 is 1.00 bits per heavy atom. The summed E-state index contributed by atoms with van der Waals surface area (Å²) in [5, 5.41) is 0. The fourth-order valence-electron chi connectivity index (χ4n) is 4.15. The second-order valence-corrected chi connectivity index (χ2v) is 6.86. The largest absolute Gasteiger partial charge is 0.464 e. The van der Waals surface area contributed by atoms with Crippen LogP contribution in [0.2, 0.25) is 0 Å². The SMILES string of the molecule is COCOc1ccc2c(c1OCOC)-c1cccc3c1[C@@H](C2)N(C)CC3. The minimum absolute atomic E-state index is 0.179. The second-order valence-electron chi connectivity index (χ2n) is 6.86. The molecule has 0 saturated carbocycles. The van der Waals surface area contributed by atoms with Crippen molar-refractivity contribution in [2.24, 2.45) is 0 Å². The van der Waals surface area contributed by atoms with Gasteiger partial charge in [-0.15, -0.1) is 0 Å². The summed E-state index contributed by atoms with van der Waals surface area (Å²) in [6.45, 7) is 1.46. The van der Waals surface area contributed by atoms with Crippen LogP contribution in [0.5, 0.6) is 11.5 Å². The van der Waals surface area contributed by atoms with E-state index in [1.807, 2.05) is 6.07 Å². The van der Waals surface area contributed by atoms with E-state index in [4.69, 9.17) is 18.9 Å². The number of benzene rings is 2. The average Bonchev–Trinajstić information content (AvgIpc) is 2.67. The van der Waals surface area contributed by atoms with Crippen LogP contribution < -0.4 is 9.47 Å². The maximum Gasteiger partial charge on any atom is 0.188 e. The summed E-state index contributed by atoms with van der Waals surface area (Å²) in [5.41, 5.74) is 6.52. The first-order valence-electron chi connectivity index (χ1n) is 8.96. The molecule has 26 heavy (non-hydrogen) atoms. The predicted molar refractivity (Wildman–Crippen MR) is 99.7 cm³/mol. The minimum Gasteiger partial charge on any atom is -0.464 e. The molecular formula is C21H25NO4. The predicted octanol–water partition coefficient (Wildman–Crippen LogP) is 3.40. The fourth-order valence-corrected chi connectivity index (χ4v) is 4.15. The van der Waals surface area contributed by atoms with Gasteiger partial charge in [-0.1, -0.05) is 24.3 Å². The van der Waals surface area contributed by atoms with E-state index in [0.717, 1.165) is 30.7 Å². The number of fused-ring (bicyclic) bond motifs is 2. The normalized spacial score (nSPS) is 18.2. The van der Waals surface area contributed by atoms with Crippen LogP contribution >= 0.6 is 0 Å². The Balaban J connectivity index is 1.89. The van der Waals surface area contributed by atoms with E-state index >= 15 is 0 Å². The molecule has 1 atom stereocenters. The summed E-state index contributed by atoms with van der Waals surface area (Å²) in [4.78, 5) is 2.46. The van der Waals surface area contributed by atoms with Crippen LogP contribution in [0.1, 0.15) is 22.7 Å². The van der Waals surface area contributed by atoms with Crippen LogP contribution in [0.3, 0.4) is 0 Å². The summed E-state index contributed by atoms with van der Waals surface area (Å²) in [6, 6.07) is 11.1. The summed E-state index contributed by atoms with van der Waals surface area (Å²) in [6.07, 6.45) is 2.06. The molecular weight excluding hydrogens is 330 g/mol. The molecule has 0 amide bonds. The average molecular weight is 355 g/mol. The zero-order valence-electron chi connectivity index (χ0n) is 15.6. The number of ether oxygens (including phenoxy) is 4. The van der Waals surface area contributed by atoms with Crippen molar-refractivity contribution in [1.82, 2.24) is 4.90 Å². The van der Waals surface area contributed by atoms with Crippen molar-refractivity contribution in [1.29, 1.82) is 0 Å². The zero-order chi connectivity index (χ0) is 18.1. The molecule has 5 heteroatoms. The van der Waals surface area contributed by atoms with Crippen molar-refractivity contribution in [3.63, 3.8) is 0 Å². The molecule has 0 saturated heterocycles. The molecule has 2 aliphatic rings. The van der Waals surface area contributed by atoms with Gasteiger partial charge in [0.25, 0.3) is 0 Å². The Morgan fingerprint density at radius 3 is 2.62 bits per heavy atom. The highest BCUT2D eigenvalue weighted by Crippen LogP contribution is 2.50. The smallest absolute Gasteiger partial charge is 0.188 e. The Labute approximate surface area is 154 Å². The van der Waals surface area contributed by atoms with Crippen molar-refractivity contribution < 1.29 is 18.9 Å². The van der Waals surface area contributed by atoms with Crippen LogP contribution in [0.4, 0.5) is 0 Å². The first-order valence-corrected chi connectivity index (χ1v) is 8.96. The lowest BCUT2D eigenvalue weighted by Gasteiger charge is -2.40. The van der Waals surface area contributed by atoms with Crippen molar-refractivity contribution >= 4 is 0 Å². The van der Waals surface area contributed by atoms with Gasteiger partial charge >= 0.3 is 0 Å². The molecule has 0 N–H and O–H groups in total. The Morgan fingerprint density at radius 2 is 1.81 bits per heavy atom. The number of likely N-dealkylation sites (N-methyl/N-ethyl adjacent to an activating group) is 1. The van der Waals surface area contributed by atoms with Gasteiger partial charge < -0.3 is 18.9 Å². The van der Waals surface area contributed by atoms with Crippen LogP contribution in [-0.2, 0) is 22.3 Å². The third-order valence-corrected chi connectivity index (χ3v) is 5.34. The highest BCUT2D eigenvalue weighted by atomic mass is 16.7. The van der Waals surface area contributed by atoms with Crippen molar-refractivity contribution in [2.45, 2.75) is 18.9 Å². The second kappa shape index (κ2) is 7.27. The summed E-state index contributed by atoms with van der Waals surface area (Å²) < 4.78 is 22.0. The Kier molecular flexibility index (Phi) is 4.85. The van der Waals surface area contributed by atoms with Gasteiger partial charge in [0.05, 0.1) is 0 Å². The topological polar surface area (TPSA) is 40.2 Å². The van der Waals surface area contributed by atoms with E-state index in [2.05, 4.69) is 36.2 Å². The molecule has 2 aromatic rings. The van der Waals surface area contributed by atoms with Gasteiger partial charge in [-0.3, -0.25) is 4.90 Å². The molecule has 0 unspecified atom stereocenters. The molecule has 1 heterocycles. The molecule has 0 fully saturated rings. The van der Waals surface area contributed by atoms with Gasteiger partial charge in [0.2, 0.25) is 0 Å². The van der Waals surface area contributed by atoms with Gasteiger partial charge in [-0.05, 0) is 48.2 Å².